The highest BCUT2D eigenvalue weighted by Gasteiger charge is 2.21. The van der Waals surface area contributed by atoms with Gasteiger partial charge in [0.1, 0.15) is 0 Å². The second-order valence-electron chi connectivity index (χ2n) is 11.1. The molecule has 0 aliphatic carbocycles. The Hall–Kier alpha value is -6.00. The van der Waals surface area contributed by atoms with Crippen LogP contribution >= 0.6 is 0 Å². The van der Waals surface area contributed by atoms with E-state index in [0.717, 1.165) is 27.8 Å². The molecule has 9 aromatic rings. The lowest BCUT2D eigenvalue weighted by Crippen LogP contribution is -2.00. The van der Waals surface area contributed by atoms with E-state index in [4.69, 9.17) is 9.97 Å². The average molecular weight is 563 g/mol. The standard InChI is InChI=1S/C40H26N4/c1-3-11-27(12-4-1)29-19-21-31(22-20-29)43-35-17-9-7-15-32(35)33-23-24-37-38(39(33)43)34-16-8-10-18-36(34)44(37)40-41-25-30(26-42-40)28-13-5-2-6-14-28/h1-26H. The van der Waals surface area contributed by atoms with E-state index in [0.29, 0.717) is 5.95 Å². The number of hydrogen-bond acceptors (Lipinski definition) is 2. The van der Waals surface area contributed by atoms with Crippen LogP contribution in [0.2, 0.25) is 0 Å². The summed E-state index contributed by atoms with van der Waals surface area (Å²) in [5.74, 6) is 0.658. The minimum atomic E-state index is 0.658. The molecule has 0 aliphatic rings. The number of fused-ring (bicyclic) bond motifs is 7. The first-order chi connectivity index (χ1) is 21.8. The number of para-hydroxylation sites is 2. The summed E-state index contributed by atoms with van der Waals surface area (Å²) in [7, 11) is 0. The van der Waals surface area contributed by atoms with E-state index in [-0.39, 0.29) is 0 Å². The third-order valence-electron chi connectivity index (χ3n) is 8.65. The van der Waals surface area contributed by atoms with Gasteiger partial charge in [0.15, 0.2) is 0 Å². The topological polar surface area (TPSA) is 35.6 Å². The number of nitrogens with zero attached hydrogens (tertiary/aromatic N) is 4. The highest BCUT2D eigenvalue weighted by atomic mass is 15.2. The van der Waals surface area contributed by atoms with Gasteiger partial charge in [-0.05, 0) is 47.0 Å². The van der Waals surface area contributed by atoms with Gasteiger partial charge in [0, 0.05) is 45.2 Å². The molecule has 4 heteroatoms. The van der Waals surface area contributed by atoms with Crippen LogP contribution in [0.1, 0.15) is 0 Å². The number of rotatable bonds is 4. The quantitative estimate of drug-likeness (QED) is 0.214. The molecule has 0 atom stereocenters. The average Bonchev–Trinajstić information content (AvgIpc) is 3.62. The van der Waals surface area contributed by atoms with Crippen LogP contribution in [0.3, 0.4) is 0 Å². The molecule has 0 amide bonds. The van der Waals surface area contributed by atoms with Crippen molar-refractivity contribution in [3.63, 3.8) is 0 Å². The Labute approximate surface area is 254 Å². The van der Waals surface area contributed by atoms with Crippen molar-refractivity contribution in [2.45, 2.75) is 0 Å². The van der Waals surface area contributed by atoms with E-state index in [2.05, 4.69) is 137 Å². The summed E-state index contributed by atoms with van der Waals surface area (Å²) >= 11 is 0. The Morgan fingerprint density at radius 1 is 0.364 bits per heavy atom. The van der Waals surface area contributed by atoms with Crippen molar-refractivity contribution in [2.75, 3.05) is 0 Å². The molecule has 0 radical (unpaired) electrons. The molecule has 9 rings (SSSR count). The maximum Gasteiger partial charge on any atom is 0.234 e. The van der Waals surface area contributed by atoms with E-state index in [1.54, 1.807) is 0 Å². The predicted octanol–water partition coefficient (Wildman–Crippen LogP) is 10.0. The predicted molar refractivity (Wildman–Crippen MR) is 182 cm³/mol. The van der Waals surface area contributed by atoms with Gasteiger partial charge in [-0.15, -0.1) is 0 Å². The molecule has 3 aromatic heterocycles. The van der Waals surface area contributed by atoms with Crippen LogP contribution in [-0.4, -0.2) is 19.1 Å². The van der Waals surface area contributed by atoms with E-state index >= 15 is 0 Å². The molecule has 6 aromatic carbocycles. The summed E-state index contributed by atoms with van der Waals surface area (Å²) in [5.41, 5.74) is 10.2. The van der Waals surface area contributed by atoms with Crippen molar-refractivity contribution in [3.05, 3.63) is 158 Å². The zero-order valence-corrected chi connectivity index (χ0v) is 23.8. The lowest BCUT2D eigenvalue weighted by molar-refractivity contribution is 0.990. The van der Waals surface area contributed by atoms with Crippen molar-refractivity contribution < 1.29 is 0 Å². The van der Waals surface area contributed by atoms with Crippen LogP contribution in [0.5, 0.6) is 0 Å². The van der Waals surface area contributed by atoms with Gasteiger partial charge in [0.25, 0.3) is 0 Å². The van der Waals surface area contributed by atoms with Crippen LogP contribution in [0, 0.1) is 0 Å². The maximum atomic E-state index is 4.88. The van der Waals surface area contributed by atoms with E-state index in [9.17, 15) is 0 Å². The third kappa shape index (κ3) is 3.71. The molecular weight excluding hydrogens is 536 g/mol. The van der Waals surface area contributed by atoms with E-state index in [1.807, 2.05) is 30.6 Å². The summed E-state index contributed by atoms with van der Waals surface area (Å²) in [6, 6.07) is 51.5. The van der Waals surface area contributed by atoms with Gasteiger partial charge < -0.3 is 4.57 Å². The van der Waals surface area contributed by atoms with Crippen molar-refractivity contribution in [2.24, 2.45) is 0 Å². The van der Waals surface area contributed by atoms with Crippen LogP contribution in [0.25, 0.3) is 77.5 Å². The first-order valence-corrected chi connectivity index (χ1v) is 14.8. The summed E-state index contributed by atoms with van der Waals surface area (Å²) in [5, 5.41) is 4.83. The molecular formula is C40H26N4. The first kappa shape index (κ1) is 24.6. The minimum Gasteiger partial charge on any atom is -0.309 e. The highest BCUT2D eigenvalue weighted by molar-refractivity contribution is 6.26. The van der Waals surface area contributed by atoms with E-state index < -0.39 is 0 Å². The molecule has 0 saturated heterocycles. The Balaban J connectivity index is 1.32. The lowest BCUT2D eigenvalue weighted by Gasteiger charge is -2.11. The van der Waals surface area contributed by atoms with Gasteiger partial charge in [0.2, 0.25) is 5.95 Å². The van der Waals surface area contributed by atoms with Crippen LogP contribution < -0.4 is 0 Å². The molecule has 0 aliphatic heterocycles. The van der Waals surface area contributed by atoms with Crippen LogP contribution in [-0.2, 0) is 0 Å². The molecule has 0 N–H and O–H groups in total. The van der Waals surface area contributed by atoms with Crippen LogP contribution in [0.4, 0.5) is 0 Å². The summed E-state index contributed by atoms with van der Waals surface area (Å²) in [4.78, 5) is 9.77. The molecule has 4 nitrogen and oxygen atoms in total. The van der Waals surface area contributed by atoms with Crippen molar-refractivity contribution in [1.82, 2.24) is 19.1 Å². The zero-order valence-electron chi connectivity index (χ0n) is 23.8. The second kappa shape index (κ2) is 9.79. The summed E-state index contributed by atoms with van der Waals surface area (Å²) < 4.78 is 4.61. The molecule has 0 fully saturated rings. The first-order valence-electron chi connectivity index (χ1n) is 14.8. The van der Waals surface area contributed by atoms with Crippen LogP contribution in [0.15, 0.2) is 158 Å². The molecule has 0 bridgehead atoms. The molecule has 0 saturated carbocycles. The van der Waals surface area contributed by atoms with Crippen molar-refractivity contribution in [1.29, 1.82) is 0 Å². The second-order valence-corrected chi connectivity index (χ2v) is 11.1. The SMILES string of the molecule is c1ccc(-c2ccc(-n3c4ccccc4c4ccc5c(c6ccccc6n5-c5ncc(-c6ccccc6)cn5)c43)cc2)cc1. The van der Waals surface area contributed by atoms with E-state index in [1.165, 1.54) is 43.7 Å². The summed E-state index contributed by atoms with van der Waals surface area (Å²) in [6.07, 6.45) is 3.84. The lowest BCUT2D eigenvalue weighted by atomic mass is 10.1. The van der Waals surface area contributed by atoms with Gasteiger partial charge in [0.05, 0.1) is 22.1 Å². The highest BCUT2D eigenvalue weighted by Crippen LogP contribution is 2.41. The van der Waals surface area contributed by atoms with Crippen molar-refractivity contribution >= 4 is 43.6 Å². The van der Waals surface area contributed by atoms with Gasteiger partial charge in [-0.25, -0.2) is 9.97 Å². The molecule has 0 unspecified atom stereocenters. The Morgan fingerprint density at radius 3 is 1.59 bits per heavy atom. The van der Waals surface area contributed by atoms with Gasteiger partial charge in [-0.3, -0.25) is 4.57 Å². The summed E-state index contributed by atoms with van der Waals surface area (Å²) in [6.45, 7) is 0. The molecule has 206 valence electrons. The monoisotopic (exact) mass is 562 g/mol. The van der Waals surface area contributed by atoms with Gasteiger partial charge >= 0.3 is 0 Å². The smallest absolute Gasteiger partial charge is 0.234 e. The Kier molecular flexibility index (Phi) is 5.47. The maximum absolute atomic E-state index is 4.88. The Morgan fingerprint density at radius 2 is 0.909 bits per heavy atom. The zero-order chi connectivity index (χ0) is 29.0. The number of benzene rings is 6. The molecule has 3 heterocycles. The van der Waals surface area contributed by atoms with Gasteiger partial charge in [-0.1, -0.05) is 115 Å². The molecule has 44 heavy (non-hydrogen) atoms. The largest absolute Gasteiger partial charge is 0.309 e. The fraction of sp³-hybridized carbons (Fsp3) is 0. The third-order valence-corrected chi connectivity index (χ3v) is 8.65. The fourth-order valence-electron chi connectivity index (χ4n) is 6.64. The van der Waals surface area contributed by atoms with Gasteiger partial charge in [-0.2, -0.15) is 0 Å². The van der Waals surface area contributed by atoms with Crippen molar-refractivity contribution in [3.8, 4) is 33.9 Å². The minimum absolute atomic E-state index is 0.658. The normalized spacial score (nSPS) is 11.6. The fourth-order valence-corrected chi connectivity index (χ4v) is 6.64. The molecule has 0 spiro atoms. The number of hydrogen-bond donors (Lipinski definition) is 0. The number of aromatic nitrogens is 4. The Bertz CT molecular complexity index is 2450.